The number of alkyl halides is 3. The fourth-order valence-electron chi connectivity index (χ4n) is 6.87. The molecule has 3 aliphatic heterocycles. The van der Waals surface area contributed by atoms with Crippen LogP contribution >= 0.6 is 0 Å². The van der Waals surface area contributed by atoms with Gasteiger partial charge in [0.05, 0.1) is 41.9 Å². The van der Waals surface area contributed by atoms with E-state index in [0.29, 0.717) is 19.6 Å². The van der Waals surface area contributed by atoms with E-state index in [1.165, 1.54) is 0 Å². The quantitative estimate of drug-likeness (QED) is 0.589. The number of aromatic nitrogens is 1. The number of fused-ring (bicyclic) bond motifs is 2. The summed E-state index contributed by atoms with van der Waals surface area (Å²) < 4.78 is 50.8. The normalized spacial score (nSPS) is 36.1. The van der Waals surface area contributed by atoms with Gasteiger partial charge in [0.2, 0.25) is 5.91 Å². The van der Waals surface area contributed by atoms with Gasteiger partial charge in [0.1, 0.15) is 5.82 Å². The number of carbonyl (C=O) groups excluding carboxylic acids is 1. The van der Waals surface area contributed by atoms with Crippen LogP contribution in [0.15, 0.2) is 18.3 Å². The maximum atomic E-state index is 14.1. The van der Waals surface area contributed by atoms with Crippen LogP contribution in [0.5, 0.6) is 0 Å². The van der Waals surface area contributed by atoms with Crippen LogP contribution in [0.25, 0.3) is 0 Å². The highest BCUT2D eigenvalue weighted by Gasteiger charge is 2.58. The fraction of sp³-hybridized carbons (Fsp3) is 0.769. The average molecular weight is 527 g/mol. The van der Waals surface area contributed by atoms with Crippen molar-refractivity contribution in [3.8, 4) is 0 Å². The van der Waals surface area contributed by atoms with Crippen molar-refractivity contribution in [2.75, 3.05) is 38.3 Å². The lowest BCUT2D eigenvalue weighted by Gasteiger charge is -2.41. The summed E-state index contributed by atoms with van der Waals surface area (Å²) in [6.07, 6.45) is -0.970. The van der Waals surface area contributed by atoms with Crippen LogP contribution in [0.4, 0.5) is 19.0 Å². The smallest absolute Gasteiger partial charge is 0.389 e. The lowest BCUT2D eigenvalue weighted by molar-refractivity contribution is -0.146. The monoisotopic (exact) mass is 526 g/mol. The van der Waals surface area contributed by atoms with Crippen molar-refractivity contribution >= 4 is 11.7 Å². The number of carbonyl (C=O) groups is 1. The van der Waals surface area contributed by atoms with Gasteiger partial charge in [0.15, 0.2) is 0 Å². The number of anilines is 1. The Morgan fingerprint density at radius 2 is 2.08 bits per heavy atom. The van der Waals surface area contributed by atoms with Gasteiger partial charge in [0.25, 0.3) is 0 Å². The standard InChI is InChI=1S/C26H37F3N4O4/c1-15(2)25(7-4-17(11-25)31-18-6-9-37-14-21(18)36-3)24(35)33-13-19-23(34)20(33)12-32(19)22-10-16(5-8-30-22)26(27,28)29/h5,8,10,15,17-21,23,31,34H,4,6-7,9,11-14H2,1-3H3/t17-,18+,19-,20-,21-,23?,25+/m1/s1. The zero-order valence-electron chi connectivity index (χ0n) is 21.6. The summed E-state index contributed by atoms with van der Waals surface area (Å²) in [4.78, 5) is 21.7. The molecule has 4 fully saturated rings. The number of ether oxygens (including phenoxy) is 2. The molecule has 5 rings (SSSR count). The van der Waals surface area contributed by atoms with Gasteiger partial charge in [-0.2, -0.15) is 13.2 Å². The molecule has 4 aliphatic rings. The second kappa shape index (κ2) is 9.98. The van der Waals surface area contributed by atoms with Gasteiger partial charge in [-0.25, -0.2) is 4.98 Å². The predicted molar refractivity (Wildman–Crippen MR) is 130 cm³/mol. The molecule has 206 valence electrons. The first-order valence-corrected chi connectivity index (χ1v) is 13.2. The van der Waals surface area contributed by atoms with Crippen molar-refractivity contribution < 1.29 is 32.5 Å². The molecule has 7 atom stereocenters. The second-order valence-corrected chi connectivity index (χ2v) is 11.3. The van der Waals surface area contributed by atoms with E-state index in [9.17, 15) is 23.1 Å². The molecule has 1 aliphatic carbocycles. The van der Waals surface area contributed by atoms with Crippen LogP contribution in [0.2, 0.25) is 0 Å². The van der Waals surface area contributed by atoms with Crippen LogP contribution in [0.1, 0.15) is 45.1 Å². The van der Waals surface area contributed by atoms with Crippen molar-refractivity contribution in [1.82, 2.24) is 15.2 Å². The van der Waals surface area contributed by atoms with Crippen LogP contribution in [0.3, 0.4) is 0 Å². The zero-order chi connectivity index (χ0) is 26.5. The van der Waals surface area contributed by atoms with E-state index in [1.807, 2.05) is 0 Å². The SMILES string of the molecule is CO[C@@H]1COCC[C@@H]1N[C@@H]1CC[C@@](C(=O)N2C[C@@H]3C(O)[C@H]2CN3c2cc(C(F)(F)F)ccn2)(C(C)C)C1. The Hall–Kier alpha value is -1.95. The van der Waals surface area contributed by atoms with Gasteiger partial charge in [-0.3, -0.25) is 4.79 Å². The summed E-state index contributed by atoms with van der Waals surface area (Å²) in [6, 6.07) is 1.38. The van der Waals surface area contributed by atoms with Gasteiger partial charge in [0, 0.05) is 45.1 Å². The minimum absolute atomic E-state index is 0.0154. The first-order valence-electron chi connectivity index (χ1n) is 13.2. The van der Waals surface area contributed by atoms with Crippen LogP contribution < -0.4 is 10.2 Å². The molecule has 4 heterocycles. The van der Waals surface area contributed by atoms with Crippen molar-refractivity contribution in [2.24, 2.45) is 11.3 Å². The summed E-state index contributed by atoms with van der Waals surface area (Å²) in [6.45, 7) is 5.94. The first-order chi connectivity index (χ1) is 17.5. The Morgan fingerprint density at radius 1 is 1.30 bits per heavy atom. The largest absolute Gasteiger partial charge is 0.416 e. The highest BCUT2D eigenvalue weighted by molar-refractivity contribution is 5.85. The third-order valence-corrected chi connectivity index (χ3v) is 9.12. The number of rotatable bonds is 6. The molecule has 2 bridgehead atoms. The molecule has 1 saturated carbocycles. The molecule has 1 aromatic rings. The Labute approximate surface area is 215 Å². The number of likely N-dealkylation sites (tertiary alicyclic amines) is 1. The molecule has 0 spiro atoms. The summed E-state index contributed by atoms with van der Waals surface area (Å²) in [5, 5.41) is 14.7. The molecular weight excluding hydrogens is 489 g/mol. The van der Waals surface area contributed by atoms with E-state index < -0.39 is 35.3 Å². The molecule has 0 radical (unpaired) electrons. The number of aliphatic hydroxyl groups is 1. The van der Waals surface area contributed by atoms with E-state index >= 15 is 0 Å². The predicted octanol–water partition coefficient (Wildman–Crippen LogP) is 2.45. The number of pyridine rings is 1. The molecule has 3 saturated heterocycles. The van der Waals surface area contributed by atoms with Gasteiger partial charge >= 0.3 is 6.18 Å². The number of halogens is 3. The molecule has 2 N–H and O–H groups in total. The molecule has 0 aromatic carbocycles. The summed E-state index contributed by atoms with van der Waals surface area (Å²) >= 11 is 0. The molecule has 1 amide bonds. The number of methoxy groups -OCH3 is 1. The highest BCUT2D eigenvalue weighted by Crippen LogP contribution is 2.48. The van der Waals surface area contributed by atoms with E-state index in [-0.39, 0.29) is 48.9 Å². The molecule has 1 unspecified atom stereocenters. The average Bonchev–Trinajstić information content (AvgIpc) is 3.55. The van der Waals surface area contributed by atoms with Crippen molar-refractivity contribution in [3.63, 3.8) is 0 Å². The Kier molecular flexibility index (Phi) is 7.19. The summed E-state index contributed by atoms with van der Waals surface area (Å²) in [5.41, 5.74) is -1.32. The third kappa shape index (κ3) is 4.72. The number of hydrogen-bond donors (Lipinski definition) is 2. The highest BCUT2D eigenvalue weighted by atomic mass is 19.4. The minimum Gasteiger partial charge on any atom is -0.389 e. The van der Waals surface area contributed by atoms with Crippen LogP contribution in [-0.4, -0.2) is 90.7 Å². The van der Waals surface area contributed by atoms with Crippen molar-refractivity contribution in [1.29, 1.82) is 0 Å². The first kappa shape index (κ1) is 26.6. The number of nitrogens with one attached hydrogen (secondary N) is 1. The van der Waals surface area contributed by atoms with Gasteiger partial charge in [-0.15, -0.1) is 0 Å². The molecule has 37 heavy (non-hydrogen) atoms. The minimum atomic E-state index is -4.47. The molecule has 8 nitrogen and oxygen atoms in total. The number of nitrogens with zero attached hydrogens (tertiary/aromatic N) is 3. The van der Waals surface area contributed by atoms with Gasteiger partial charge in [-0.05, 0) is 43.7 Å². The summed E-state index contributed by atoms with van der Waals surface area (Å²) in [7, 11) is 1.69. The summed E-state index contributed by atoms with van der Waals surface area (Å²) in [5.74, 6) is 0.337. The number of piperazine rings is 1. The van der Waals surface area contributed by atoms with Crippen LogP contribution in [-0.2, 0) is 20.4 Å². The van der Waals surface area contributed by atoms with Crippen LogP contribution in [0, 0.1) is 11.3 Å². The lowest BCUT2D eigenvalue weighted by atomic mass is 9.74. The van der Waals surface area contributed by atoms with E-state index in [1.54, 1.807) is 16.9 Å². The van der Waals surface area contributed by atoms with E-state index in [0.717, 1.165) is 37.6 Å². The molecule has 11 heteroatoms. The number of amides is 1. The zero-order valence-corrected chi connectivity index (χ0v) is 21.6. The Morgan fingerprint density at radius 3 is 2.73 bits per heavy atom. The fourth-order valence-corrected chi connectivity index (χ4v) is 6.87. The Bertz CT molecular complexity index is 995. The second-order valence-electron chi connectivity index (χ2n) is 11.3. The number of hydrogen-bond acceptors (Lipinski definition) is 7. The maximum absolute atomic E-state index is 14.1. The van der Waals surface area contributed by atoms with E-state index in [4.69, 9.17) is 9.47 Å². The van der Waals surface area contributed by atoms with Gasteiger partial charge < -0.3 is 29.7 Å². The Balaban J connectivity index is 1.29. The topological polar surface area (TPSA) is 87.2 Å². The van der Waals surface area contributed by atoms with Crippen molar-refractivity contribution in [3.05, 3.63) is 23.9 Å². The lowest BCUT2D eigenvalue weighted by Crippen LogP contribution is -2.55. The van der Waals surface area contributed by atoms with Gasteiger partial charge in [-0.1, -0.05) is 13.8 Å². The van der Waals surface area contributed by atoms with E-state index in [2.05, 4.69) is 24.1 Å². The molecule has 1 aromatic heterocycles. The third-order valence-electron chi connectivity index (χ3n) is 9.12. The maximum Gasteiger partial charge on any atom is 0.416 e. The number of aliphatic hydroxyl groups excluding tert-OH is 1. The van der Waals surface area contributed by atoms with Crippen molar-refractivity contribution in [2.45, 2.75) is 82.1 Å². The molecular formula is C26H37F3N4O4.